The molecule has 0 atom stereocenters. The monoisotopic (exact) mass is 342 g/mol. The number of nitrogens with zero attached hydrogens (tertiary/aromatic N) is 1. The standard InChI is InChI=1S/C18H15FN2O4/c19-14-5-1-13(2-6-14)10-21-15-9-12(4-8-17(22)20-24)3-7-16(15)25-11-18(21)23/h1-9,24H,10-11H2,(H,20,22)/b8-4+. The lowest BCUT2D eigenvalue weighted by molar-refractivity contribution is -0.124. The normalized spacial score (nSPS) is 13.5. The van der Waals surface area contributed by atoms with Crippen LogP contribution < -0.4 is 15.1 Å². The van der Waals surface area contributed by atoms with E-state index in [9.17, 15) is 14.0 Å². The van der Waals surface area contributed by atoms with Crippen molar-refractivity contribution in [1.82, 2.24) is 5.48 Å². The molecule has 0 unspecified atom stereocenters. The van der Waals surface area contributed by atoms with Gasteiger partial charge in [-0.05, 0) is 41.5 Å². The summed E-state index contributed by atoms with van der Waals surface area (Å²) < 4.78 is 18.5. The number of halogens is 1. The molecule has 0 saturated carbocycles. The third kappa shape index (κ3) is 3.84. The second-order valence-corrected chi connectivity index (χ2v) is 5.43. The molecule has 2 N–H and O–H groups in total. The van der Waals surface area contributed by atoms with Crippen LogP contribution in [0.25, 0.3) is 6.08 Å². The van der Waals surface area contributed by atoms with Gasteiger partial charge in [0, 0.05) is 6.08 Å². The van der Waals surface area contributed by atoms with Gasteiger partial charge in [0.05, 0.1) is 12.2 Å². The second-order valence-electron chi connectivity index (χ2n) is 5.43. The predicted molar refractivity (Wildman–Crippen MR) is 88.5 cm³/mol. The van der Waals surface area contributed by atoms with Crippen molar-refractivity contribution in [1.29, 1.82) is 0 Å². The third-order valence-electron chi connectivity index (χ3n) is 3.72. The number of amides is 2. The molecule has 1 aliphatic heterocycles. The lowest BCUT2D eigenvalue weighted by atomic mass is 10.1. The van der Waals surface area contributed by atoms with Gasteiger partial charge in [-0.15, -0.1) is 0 Å². The Kier molecular flexibility index (Phi) is 4.76. The van der Waals surface area contributed by atoms with E-state index in [1.165, 1.54) is 23.7 Å². The summed E-state index contributed by atoms with van der Waals surface area (Å²) in [5, 5.41) is 8.51. The van der Waals surface area contributed by atoms with Crippen molar-refractivity contribution >= 4 is 23.6 Å². The first kappa shape index (κ1) is 16.7. The zero-order chi connectivity index (χ0) is 17.8. The summed E-state index contributed by atoms with van der Waals surface area (Å²) in [6.07, 6.45) is 2.67. The molecule has 2 aromatic rings. The van der Waals surface area contributed by atoms with Crippen molar-refractivity contribution in [2.24, 2.45) is 0 Å². The molecule has 0 radical (unpaired) electrons. The summed E-state index contributed by atoms with van der Waals surface area (Å²) in [6.45, 7) is 0.204. The van der Waals surface area contributed by atoms with Crippen LogP contribution in [0.4, 0.5) is 10.1 Å². The number of benzene rings is 2. The molecule has 0 aliphatic carbocycles. The molecule has 128 valence electrons. The molecule has 7 heteroatoms. The van der Waals surface area contributed by atoms with Crippen LogP contribution in [-0.2, 0) is 16.1 Å². The van der Waals surface area contributed by atoms with Gasteiger partial charge in [0.25, 0.3) is 11.8 Å². The van der Waals surface area contributed by atoms with Crippen molar-refractivity contribution in [3.8, 4) is 5.75 Å². The van der Waals surface area contributed by atoms with Crippen LogP contribution in [0.2, 0.25) is 0 Å². The summed E-state index contributed by atoms with van der Waals surface area (Å²) in [5.41, 5.74) is 3.51. The maximum Gasteiger partial charge on any atom is 0.267 e. The minimum absolute atomic E-state index is 0.0731. The Labute approximate surface area is 143 Å². The molecule has 6 nitrogen and oxygen atoms in total. The fourth-order valence-corrected chi connectivity index (χ4v) is 2.48. The number of hydroxylamine groups is 1. The highest BCUT2D eigenvalue weighted by atomic mass is 19.1. The predicted octanol–water partition coefficient (Wildman–Crippen LogP) is 2.27. The van der Waals surface area contributed by atoms with Gasteiger partial charge >= 0.3 is 0 Å². The maximum absolute atomic E-state index is 13.1. The molecule has 0 aromatic heterocycles. The van der Waals surface area contributed by atoms with Crippen LogP contribution in [0.3, 0.4) is 0 Å². The van der Waals surface area contributed by atoms with E-state index >= 15 is 0 Å². The fraction of sp³-hybridized carbons (Fsp3) is 0.111. The molecule has 1 heterocycles. The van der Waals surface area contributed by atoms with Gasteiger partial charge in [-0.3, -0.25) is 14.8 Å². The Hall–Kier alpha value is -3.19. The Balaban J connectivity index is 1.90. The summed E-state index contributed by atoms with van der Waals surface area (Å²) in [7, 11) is 0. The quantitative estimate of drug-likeness (QED) is 0.508. The highest BCUT2D eigenvalue weighted by Crippen LogP contribution is 2.34. The third-order valence-corrected chi connectivity index (χ3v) is 3.72. The molecule has 0 spiro atoms. The van der Waals surface area contributed by atoms with E-state index < -0.39 is 5.91 Å². The summed E-state index contributed by atoms with van der Waals surface area (Å²) in [5.74, 6) is -0.670. The van der Waals surface area contributed by atoms with Gasteiger partial charge in [0.2, 0.25) is 0 Å². The van der Waals surface area contributed by atoms with Crippen molar-refractivity contribution in [3.05, 3.63) is 65.5 Å². The smallest absolute Gasteiger partial charge is 0.267 e. The molecule has 0 fully saturated rings. The number of hydrogen-bond donors (Lipinski definition) is 2. The van der Waals surface area contributed by atoms with E-state index in [0.29, 0.717) is 17.0 Å². The molecule has 2 aromatic carbocycles. The molecule has 0 saturated heterocycles. The van der Waals surface area contributed by atoms with E-state index in [-0.39, 0.29) is 24.9 Å². The van der Waals surface area contributed by atoms with E-state index in [0.717, 1.165) is 11.6 Å². The molecular weight excluding hydrogens is 327 g/mol. The number of carbonyl (C=O) groups is 2. The number of hydrogen-bond acceptors (Lipinski definition) is 4. The maximum atomic E-state index is 13.1. The van der Waals surface area contributed by atoms with Crippen molar-refractivity contribution in [2.75, 3.05) is 11.5 Å². The van der Waals surface area contributed by atoms with Crippen LogP contribution in [0, 0.1) is 5.82 Å². The highest BCUT2D eigenvalue weighted by Gasteiger charge is 2.25. The number of anilines is 1. The van der Waals surface area contributed by atoms with Crippen molar-refractivity contribution in [3.63, 3.8) is 0 Å². The van der Waals surface area contributed by atoms with E-state index in [1.807, 2.05) is 0 Å². The lowest BCUT2D eigenvalue weighted by Crippen LogP contribution is -2.38. The Morgan fingerprint density at radius 1 is 1.28 bits per heavy atom. The number of ether oxygens (including phenoxy) is 1. The van der Waals surface area contributed by atoms with Crippen LogP contribution in [-0.4, -0.2) is 23.6 Å². The number of rotatable bonds is 4. The average molecular weight is 342 g/mol. The number of nitrogens with one attached hydrogen (secondary N) is 1. The van der Waals surface area contributed by atoms with E-state index in [4.69, 9.17) is 9.94 Å². The molecule has 1 aliphatic rings. The Morgan fingerprint density at radius 3 is 2.76 bits per heavy atom. The largest absolute Gasteiger partial charge is 0.482 e. The first-order chi connectivity index (χ1) is 12.1. The molecule has 3 rings (SSSR count). The second kappa shape index (κ2) is 7.14. The van der Waals surface area contributed by atoms with Crippen LogP contribution in [0.5, 0.6) is 5.75 Å². The van der Waals surface area contributed by atoms with Gasteiger partial charge < -0.3 is 9.64 Å². The first-order valence-electron chi connectivity index (χ1n) is 7.50. The van der Waals surface area contributed by atoms with Gasteiger partial charge in [0.15, 0.2) is 6.61 Å². The molecule has 25 heavy (non-hydrogen) atoms. The minimum Gasteiger partial charge on any atom is -0.482 e. The zero-order valence-electron chi connectivity index (χ0n) is 13.1. The number of fused-ring (bicyclic) bond motifs is 1. The van der Waals surface area contributed by atoms with Crippen LogP contribution in [0.1, 0.15) is 11.1 Å². The number of carbonyl (C=O) groups excluding carboxylic acids is 2. The van der Waals surface area contributed by atoms with Gasteiger partial charge in [-0.25, -0.2) is 9.87 Å². The summed E-state index contributed by atoms with van der Waals surface area (Å²) in [6, 6.07) is 11.1. The van der Waals surface area contributed by atoms with Gasteiger partial charge in [-0.1, -0.05) is 18.2 Å². The Morgan fingerprint density at radius 2 is 2.04 bits per heavy atom. The lowest BCUT2D eigenvalue weighted by Gasteiger charge is -2.29. The highest BCUT2D eigenvalue weighted by molar-refractivity contribution is 5.98. The van der Waals surface area contributed by atoms with Gasteiger partial charge in [0.1, 0.15) is 11.6 Å². The summed E-state index contributed by atoms with van der Waals surface area (Å²) >= 11 is 0. The summed E-state index contributed by atoms with van der Waals surface area (Å²) in [4.78, 5) is 24.9. The SMILES string of the molecule is O=C(/C=C/c1ccc2c(c1)N(Cc1ccc(F)cc1)C(=O)CO2)NO. The molecular formula is C18H15FN2O4. The average Bonchev–Trinajstić information content (AvgIpc) is 2.63. The molecule has 0 bridgehead atoms. The molecule has 2 amide bonds. The Bertz CT molecular complexity index is 833. The van der Waals surface area contributed by atoms with E-state index in [2.05, 4.69) is 0 Å². The topological polar surface area (TPSA) is 78.9 Å². The van der Waals surface area contributed by atoms with Crippen LogP contribution in [0.15, 0.2) is 48.5 Å². The van der Waals surface area contributed by atoms with Crippen molar-refractivity contribution < 1.29 is 23.9 Å². The fourth-order valence-electron chi connectivity index (χ4n) is 2.48. The van der Waals surface area contributed by atoms with E-state index in [1.54, 1.807) is 35.2 Å². The van der Waals surface area contributed by atoms with Crippen molar-refractivity contribution in [2.45, 2.75) is 6.54 Å². The first-order valence-corrected chi connectivity index (χ1v) is 7.50. The van der Waals surface area contributed by atoms with Gasteiger partial charge in [-0.2, -0.15) is 0 Å². The minimum atomic E-state index is -0.659. The zero-order valence-corrected chi connectivity index (χ0v) is 13.1. The van der Waals surface area contributed by atoms with Crippen LogP contribution >= 0.6 is 0 Å².